The number of urea groups is 1. The van der Waals surface area contributed by atoms with Crippen LogP contribution in [-0.2, 0) is 11.3 Å². The molecule has 1 aromatic rings. The lowest BCUT2D eigenvalue weighted by Crippen LogP contribution is -2.46. The molecule has 0 saturated heterocycles. The monoisotopic (exact) mass is 223 g/mol. The van der Waals surface area contributed by atoms with Crippen molar-refractivity contribution < 1.29 is 14.7 Å². The molecule has 0 aliphatic carbocycles. The fraction of sp³-hybridized carbons (Fsp3) is 0.200. The van der Waals surface area contributed by atoms with Crippen LogP contribution < -0.4 is 11.2 Å². The summed E-state index contributed by atoms with van der Waals surface area (Å²) in [7, 11) is 0. The van der Waals surface area contributed by atoms with Crippen molar-refractivity contribution in [3.05, 3.63) is 35.9 Å². The number of nitrogens with two attached hydrogens (primary N) is 1. The molecular formula is C10H13N3O3. The number of carboxylic acids is 1. The molecule has 0 atom stereocenters. The first-order valence-electron chi connectivity index (χ1n) is 4.65. The Morgan fingerprint density at radius 3 is 2.50 bits per heavy atom. The number of carbonyl (C=O) groups is 2. The summed E-state index contributed by atoms with van der Waals surface area (Å²) in [5, 5.41) is 11.5. The van der Waals surface area contributed by atoms with Gasteiger partial charge in [-0.15, -0.1) is 0 Å². The maximum absolute atomic E-state index is 11.3. The summed E-state index contributed by atoms with van der Waals surface area (Å²) in [4.78, 5) is 21.6. The second-order valence-electron chi connectivity index (χ2n) is 3.17. The van der Waals surface area contributed by atoms with Crippen LogP contribution in [-0.4, -0.2) is 28.7 Å². The van der Waals surface area contributed by atoms with Gasteiger partial charge in [0, 0.05) is 6.54 Å². The third-order valence-electron chi connectivity index (χ3n) is 1.85. The minimum absolute atomic E-state index is 0.312. The summed E-state index contributed by atoms with van der Waals surface area (Å²) in [5.74, 6) is 4.07. The number of nitrogens with zero attached hydrogens (tertiary/aromatic N) is 1. The summed E-state index contributed by atoms with van der Waals surface area (Å²) in [6, 6.07) is 8.63. The van der Waals surface area contributed by atoms with Crippen LogP contribution in [0.2, 0.25) is 0 Å². The highest BCUT2D eigenvalue weighted by Gasteiger charge is 2.11. The third kappa shape index (κ3) is 3.97. The second-order valence-corrected chi connectivity index (χ2v) is 3.17. The molecule has 0 aliphatic rings. The molecule has 4 N–H and O–H groups in total. The predicted molar refractivity (Wildman–Crippen MR) is 57.2 cm³/mol. The van der Waals surface area contributed by atoms with Gasteiger partial charge in [0.15, 0.2) is 0 Å². The van der Waals surface area contributed by atoms with Gasteiger partial charge in [-0.2, -0.15) is 0 Å². The van der Waals surface area contributed by atoms with E-state index in [4.69, 9.17) is 10.9 Å². The van der Waals surface area contributed by atoms with Gasteiger partial charge in [0.25, 0.3) is 0 Å². The number of amides is 2. The second kappa shape index (κ2) is 5.72. The Bertz CT molecular complexity index is 367. The summed E-state index contributed by atoms with van der Waals surface area (Å²) >= 11 is 0. The van der Waals surface area contributed by atoms with E-state index < -0.39 is 18.5 Å². The topological polar surface area (TPSA) is 95.7 Å². The van der Waals surface area contributed by atoms with Gasteiger partial charge in [0.2, 0.25) is 0 Å². The number of carbonyl (C=O) groups excluding carboxylic acids is 1. The molecule has 0 fully saturated rings. The molecule has 0 bridgehead atoms. The Morgan fingerprint density at radius 1 is 1.31 bits per heavy atom. The van der Waals surface area contributed by atoms with E-state index in [1.165, 1.54) is 0 Å². The van der Waals surface area contributed by atoms with Crippen LogP contribution in [0.25, 0.3) is 0 Å². The zero-order valence-corrected chi connectivity index (χ0v) is 8.59. The largest absolute Gasteiger partial charge is 0.480 e. The highest BCUT2D eigenvalue weighted by atomic mass is 16.4. The van der Waals surface area contributed by atoms with Gasteiger partial charge in [-0.25, -0.2) is 10.6 Å². The number of aliphatic carboxylic acids is 1. The SMILES string of the molecule is NN(CC(=O)O)C(=O)NCc1ccccc1. The molecule has 1 aromatic carbocycles. The van der Waals surface area contributed by atoms with Crippen LogP contribution in [0.15, 0.2) is 30.3 Å². The minimum Gasteiger partial charge on any atom is -0.480 e. The smallest absolute Gasteiger partial charge is 0.332 e. The average Bonchev–Trinajstić information content (AvgIpc) is 2.26. The number of hydrazine groups is 1. The number of hydrogen-bond donors (Lipinski definition) is 3. The highest BCUT2D eigenvalue weighted by Crippen LogP contribution is 1.97. The third-order valence-corrected chi connectivity index (χ3v) is 1.85. The van der Waals surface area contributed by atoms with Crippen molar-refractivity contribution in [2.45, 2.75) is 6.54 Å². The van der Waals surface area contributed by atoms with Crippen LogP contribution in [0, 0.1) is 0 Å². The van der Waals surface area contributed by atoms with Crippen molar-refractivity contribution in [3.8, 4) is 0 Å². The first-order valence-corrected chi connectivity index (χ1v) is 4.65. The van der Waals surface area contributed by atoms with Crippen LogP contribution in [0.5, 0.6) is 0 Å². The summed E-state index contributed by atoms with van der Waals surface area (Å²) in [5.41, 5.74) is 0.916. The first-order chi connectivity index (χ1) is 7.59. The van der Waals surface area contributed by atoms with E-state index in [9.17, 15) is 9.59 Å². The Hall–Kier alpha value is -2.08. The molecule has 1 rings (SSSR count). The molecule has 6 nitrogen and oxygen atoms in total. The van der Waals surface area contributed by atoms with Gasteiger partial charge in [0.1, 0.15) is 6.54 Å². The summed E-state index contributed by atoms with van der Waals surface area (Å²) in [6.07, 6.45) is 0. The first kappa shape index (κ1) is 12.0. The van der Waals surface area contributed by atoms with Crippen molar-refractivity contribution in [2.75, 3.05) is 6.54 Å². The lowest BCUT2D eigenvalue weighted by molar-refractivity contribution is -0.137. The molecule has 0 unspecified atom stereocenters. The fourth-order valence-corrected chi connectivity index (χ4v) is 1.09. The maximum Gasteiger partial charge on any atom is 0.332 e. The van der Waals surface area contributed by atoms with E-state index in [1.54, 1.807) is 0 Å². The van der Waals surface area contributed by atoms with E-state index in [0.717, 1.165) is 5.56 Å². The lowest BCUT2D eigenvalue weighted by Gasteiger charge is -2.14. The predicted octanol–water partition coefficient (Wildman–Crippen LogP) is 0.157. The fourth-order valence-electron chi connectivity index (χ4n) is 1.09. The van der Waals surface area contributed by atoms with Crippen molar-refractivity contribution in [1.29, 1.82) is 0 Å². The summed E-state index contributed by atoms with van der Waals surface area (Å²) in [6.45, 7) is -0.215. The van der Waals surface area contributed by atoms with E-state index in [0.29, 0.717) is 11.6 Å². The van der Waals surface area contributed by atoms with Crippen LogP contribution >= 0.6 is 0 Å². The van der Waals surface area contributed by atoms with Gasteiger partial charge < -0.3 is 10.4 Å². The summed E-state index contributed by atoms with van der Waals surface area (Å²) < 4.78 is 0. The Labute approximate surface area is 92.6 Å². The zero-order valence-electron chi connectivity index (χ0n) is 8.59. The Balaban J connectivity index is 2.38. The Morgan fingerprint density at radius 2 is 1.94 bits per heavy atom. The van der Waals surface area contributed by atoms with Gasteiger partial charge in [-0.05, 0) is 5.56 Å². The molecule has 0 saturated carbocycles. The number of hydrogen-bond acceptors (Lipinski definition) is 3. The van der Waals surface area contributed by atoms with Crippen molar-refractivity contribution in [2.24, 2.45) is 5.84 Å². The van der Waals surface area contributed by atoms with Crippen LogP contribution in [0.1, 0.15) is 5.56 Å². The number of benzene rings is 1. The molecule has 0 aliphatic heterocycles. The van der Waals surface area contributed by atoms with Crippen molar-refractivity contribution in [3.63, 3.8) is 0 Å². The van der Waals surface area contributed by atoms with E-state index in [2.05, 4.69) is 5.32 Å². The van der Waals surface area contributed by atoms with Gasteiger partial charge in [-0.1, -0.05) is 30.3 Å². The molecule has 0 radical (unpaired) electrons. The molecule has 86 valence electrons. The quantitative estimate of drug-likeness (QED) is 0.385. The minimum atomic E-state index is -1.16. The van der Waals surface area contributed by atoms with E-state index in [1.807, 2.05) is 30.3 Å². The number of nitrogens with one attached hydrogen (secondary N) is 1. The van der Waals surface area contributed by atoms with Crippen molar-refractivity contribution >= 4 is 12.0 Å². The average molecular weight is 223 g/mol. The number of rotatable bonds is 4. The highest BCUT2D eigenvalue weighted by molar-refractivity contribution is 5.79. The molecule has 16 heavy (non-hydrogen) atoms. The molecule has 2 amide bonds. The molecule has 6 heteroatoms. The molecule has 0 aromatic heterocycles. The van der Waals surface area contributed by atoms with E-state index >= 15 is 0 Å². The number of carboxylic acid groups (broad SMARTS) is 1. The molecule has 0 heterocycles. The van der Waals surface area contributed by atoms with Crippen LogP contribution in [0.3, 0.4) is 0 Å². The van der Waals surface area contributed by atoms with Gasteiger partial charge in [-0.3, -0.25) is 9.80 Å². The standard InChI is InChI=1S/C10H13N3O3/c11-13(7-9(14)15)10(16)12-6-8-4-2-1-3-5-8/h1-5H,6-7,11H2,(H,12,16)(H,14,15). The Kier molecular flexibility index (Phi) is 4.28. The van der Waals surface area contributed by atoms with Gasteiger partial charge >= 0.3 is 12.0 Å². The normalized spacial score (nSPS) is 9.56. The lowest BCUT2D eigenvalue weighted by atomic mass is 10.2. The molecule has 0 spiro atoms. The van der Waals surface area contributed by atoms with E-state index in [-0.39, 0.29) is 0 Å². The van der Waals surface area contributed by atoms with Crippen LogP contribution in [0.4, 0.5) is 4.79 Å². The van der Waals surface area contributed by atoms with Gasteiger partial charge in [0.05, 0.1) is 0 Å². The maximum atomic E-state index is 11.3. The zero-order chi connectivity index (χ0) is 12.0. The molecular weight excluding hydrogens is 210 g/mol. The van der Waals surface area contributed by atoms with Crippen molar-refractivity contribution in [1.82, 2.24) is 10.3 Å².